The Kier molecular flexibility index (Phi) is 6.42. The average molecular weight is 176 g/mol. The van der Waals surface area contributed by atoms with Crippen LogP contribution < -0.4 is 0 Å². The van der Waals surface area contributed by atoms with Crippen molar-refractivity contribution in [3.63, 3.8) is 0 Å². The molecule has 70 valence electrons. The Balaban J connectivity index is 4.24. The second-order valence-electron chi connectivity index (χ2n) is 2.56. The van der Waals surface area contributed by atoms with E-state index in [0.717, 1.165) is 12.0 Å². The van der Waals surface area contributed by atoms with Gasteiger partial charge in [-0.15, -0.1) is 0 Å². The van der Waals surface area contributed by atoms with Crippen LogP contribution in [0, 0.1) is 0 Å². The fraction of sp³-hybridized carbons (Fsp3) is 0.273. The first kappa shape index (κ1) is 11.6. The van der Waals surface area contributed by atoms with Crippen LogP contribution >= 0.6 is 0 Å². The SMILES string of the molecule is C=NC=NC(=C)C(C)=CC=CCC. The maximum Gasteiger partial charge on any atom is 0.115 e. The first-order valence-electron chi connectivity index (χ1n) is 4.23. The van der Waals surface area contributed by atoms with Crippen molar-refractivity contribution < 1.29 is 0 Å². The van der Waals surface area contributed by atoms with Crippen LogP contribution in [0.5, 0.6) is 0 Å². The number of hydrogen-bond donors (Lipinski definition) is 0. The van der Waals surface area contributed by atoms with Crippen LogP contribution in [-0.4, -0.2) is 13.1 Å². The molecule has 13 heavy (non-hydrogen) atoms. The third-order valence-electron chi connectivity index (χ3n) is 1.47. The zero-order valence-corrected chi connectivity index (χ0v) is 8.33. The van der Waals surface area contributed by atoms with E-state index in [9.17, 15) is 0 Å². The minimum absolute atomic E-state index is 0.716. The third kappa shape index (κ3) is 5.79. The van der Waals surface area contributed by atoms with Crippen molar-refractivity contribution >= 4 is 13.1 Å². The van der Waals surface area contributed by atoms with E-state index in [4.69, 9.17) is 0 Å². The monoisotopic (exact) mass is 176 g/mol. The van der Waals surface area contributed by atoms with Crippen LogP contribution in [0.1, 0.15) is 20.3 Å². The second-order valence-corrected chi connectivity index (χ2v) is 2.56. The lowest BCUT2D eigenvalue weighted by Crippen LogP contribution is -1.78. The molecule has 0 aromatic carbocycles. The largest absolute Gasteiger partial charge is 0.253 e. The molecule has 0 aliphatic rings. The molecule has 0 aliphatic carbocycles. The summed E-state index contributed by atoms with van der Waals surface area (Å²) in [6.07, 6.45) is 8.48. The summed E-state index contributed by atoms with van der Waals surface area (Å²) in [5.41, 5.74) is 1.75. The number of aliphatic imine (C=N–C) groups is 2. The Hall–Kier alpha value is -1.44. The van der Waals surface area contributed by atoms with Crippen molar-refractivity contribution in [1.82, 2.24) is 0 Å². The Bertz CT molecular complexity index is 257. The van der Waals surface area contributed by atoms with Gasteiger partial charge in [0.2, 0.25) is 0 Å². The van der Waals surface area contributed by atoms with Gasteiger partial charge in [-0.1, -0.05) is 31.7 Å². The predicted molar refractivity (Wildman–Crippen MR) is 60.4 cm³/mol. The molecular weight excluding hydrogens is 160 g/mol. The highest BCUT2D eigenvalue weighted by Crippen LogP contribution is 2.07. The molecule has 0 aromatic rings. The average Bonchev–Trinajstić information content (AvgIpc) is 2.14. The van der Waals surface area contributed by atoms with Crippen LogP contribution in [0.15, 0.2) is 46.1 Å². The zero-order chi connectivity index (χ0) is 10.1. The molecule has 0 N–H and O–H groups in total. The third-order valence-corrected chi connectivity index (χ3v) is 1.47. The van der Waals surface area contributed by atoms with E-state index in [-0.39, 0.29) is 0 Å². The van der Waals surface area contributed by atoms with Crippen molar-refractivity contribution in [2.45, 2.75) is 20.3 Å². The highest BCUT2D eigenvalue weighted by Gasteiger charge is 1.89. The van der Waals surface area contributed by atoms with Gasteiger partial charge in [0.05, 0.1) is 5.70 Å². The van der Waals surface area contributed by atoms with Gasteiger partial charge in [-0.2, -0.15) is 0 Å². The topological polar surface area (TPSA) is 24.7 Å². The lowest BCUT2D eigenvalue weighted by atomic mass is 10.2. The molecule has 0 amide bonds. The van der Waals surface area contributed by atoms with Crippen LogP contribution in [0.3, 0.4) is 0 Å². The van der Waals surface area contributed by atoms with Gasteiger partial charge in [0, 0.05) is 0 Å². The molecular formula is C11H16N2. The Labute approximate surface area is 80.1 Å². The van der Waals surface area contributed by atoms with Gasteiger partial charge < -0.3 is 0 Å². The molecule has 0 atom stereocenters. The number of allylic oxidation sites excluding steroid dienone is 4. The summed E-state index contributed by atoms with van der Waals surface area (Å²) in [6, 6.07) is 0. The quantitative estimate of drug-likeness (QED) is 0.349. The van der Waals surface area contributed by atoms with Crippen LogP contribution in [0.2, 0.25) is 0 Å². The molecule has 0 aromatic heterocycles. The molecule has 0 saturated heterocycles. The number of nitrogens with zero attached hydrogens (tertiary/aromatic N) is 2. The smallest absolute Gasteiger partial charge is 0.115 e. The van der Waals surface area contributed by atoms with Crippen molar-refractivity contribution in [2.75, 3.05) is 0 Å². The summed E-state index contributed by atoms with van der Waals surface area (Å²) in [6.45, 7) is 11.1. The van der Waals surface area contributed by atoms with Crippen molar-refractivity contribution in [1.29, 1.82) is 0 Å². The van der Waals surface area contributed by atoms with Crippen LogP contribution in [-0.2, 0) is 0 Å². The van der Waals surface area contributed by atoms with Crippen molar-refractivity contribution in [3.8, 4) is 0 Å². The van der Waals surface area contributed by atoms with Crippen molar-refractivity contribution in [2.24, 2.45) is 9.98 Å². The Morgan fingerprint density at radius 1 is 1.46 bits per heavy atom. The molecule has 0 heterocycles. The van der Waals surface area contributed by atoms with E-state index >= 15 is 0 Å². The normalized spacial score (nSPS) is 12.6. The maximum absolute atomic E-state index is 3.97. The van der Waals surface area contributed by atoms with E-state index in [1.165, 1.54) is 6.34 Å². The van der Waals surface area contributed by atoms with Gasteiger partial charge in [-0.05, 0) is 25.6 Å². The van der Waals surface area contributed by atoms with Crippen molar-refractivity contribution in [3.05, 3.63) is 36.1 Å². The molecule has 0 unspecified atom stereocenters. The van der Waals surface area contributed by atoms with E-state index in [2.05, 4.69) is 36.3 Å². The molecule has 2 heteroatoms. The van der Waals surface area contributed by atoms with Gasteiger partial charge in [0.25, 0.3) is 0 Å². The lowest BCUT2D eigenvalue weighted by Gasteiger charge is -1.95. The van der Waals surface area contributed by atoms with Crippen LogP contribution in [0.25, 0.3) is 0 Å². The van der Waals surface area contributed by atoms with E-state index in [1.807, 2.05) is 19.1 Å². The molecule has 0 radical (unpaired) electrons. The lowest BCUT2D eigenvalue weighted by molar-refractivity contribution is 1.22. The fourth-order valence-electron chi connectivity index (χ4n) is 0.657. The van der Waals surface area contributed by atoms with Gasteiger partial charge in [-0.3, -0.25) is 4.99 Å². The first-order valence-corrected chi connectivity index (χ1v) is 4.23. The summed E-state index contributed by atoms with van der Waals surface area (Å²) in [4.78, 5) is 7.48. The Morgan fingerprint density at radius 2 is 2.15 bits per heavy atom. The van der Waals surface area contributed by atoms with E-state index in [1.54, 1.807) is 0 Å². The van der Waals surface area contributed by atoms with Gasteiger partial charge >= 0.3 is 0 Å². The summed E-state index contributed by atoms with van der Waals surface area (Å²) < 4.78 is 0. The molecule has 0 bridgehead atoms. The van der Waals surface area contributed by atoms with E-state index < -0.39 is 0 Å². The predicted octanol–water partition coefficient (Wildman–Crippen LogP) is 3.14. The van der Waals surface area contributed by atoms with Gasteiger partial charge in [0.15, 0.2) is 0 Å². The van der Waals surface area contributed by atoms with Gasteiger partial charge in [-0.25, -0.2) is 4.99 Å². The maximum atomic E-state index is 3.97. The fourth-order valence-corrected chi connectivity index (χ4v) is 0.657. The zero-order valence-electron chi connectivity index (χ0n) is 8.33. The molecule has 2 nitrogen and oxygen atoms in total. The second kappa shape index (κ2) is 7.22. The van der Waals surface area contributed by atoms with Gasteiger partial charge in [0.1, 0.15) is 6.34 Å². The minimum Gasteiger partial charge on any atom is -0.253 e. The summed E-state index contributed by atoms with van der Waals surface area (Å²) >= 11 is 0. The summed E-state index contributed by atoms with van der Waals surface area (Å²) in [5.74, 6) is 0. The number of rotatable bonds is 5. The molecule has 0 aliphatic heterocycles. The molecule has 0 rings (SSSR count). The highest BCUT2D eigenvalue weighted by molar-refractivity contribution is 5.64. The molecule has 0 saturated carbocycles. The summed E-state index contributed by atoms with van der Waals surface area (Å²) in [7, 11) is 0. The van der Waals surface area contributed by atoms with Crippen LogP contribution in [0.4, 0.5) is 0 Å². The van der Waals surface area contributed by atoms with E-state index in [0.29, 0.717) is 5.70 Å². The summed E-state index contributed by atoms with van der Waals surface area (Å²) in [5, 5.41) is 0. The number of hydrogen-bond acceptors (Lipinski definition) is 1. The minimum atomic E-state index is 0.716. The molecule has 0 spiro atoms. The molecule has 0 fully saturated rings. The Morgan fingerprint density at radius 3 is 2.69 bits per heavy atom. The standard InChI is InChI=1S/C11H16N2/c1-5-6-7-8-10(2)11(3)13-9-12-4/h6-9H,3-5H2,1-2H3. The first-order chi connectivity index (χ1) is 6.22. The highest BCUT2D eigenvalue weighted by atomic mass is 14.8.